The van der Waals surface area contributed by atoms with Gasteiger partial charge in [0.1, 0.15) is 5.60 Å². The van der Waals surface area contributed by atoms with Crippen LogP contribution in [0.25, 0.3) is 10.9 Å². The number of benzene rings is 2. The smallest absolute Gasteiger partial charge is 0.217 e. The van der Waals surface area contributed by atoms with Gasteiger partial charge in [-0.15, -0.1) is 0 Å². The Kier molecular flexibility index (Phi) is 8.35. The minimum atomic E-state index is -1.62. The molecular formula is C30H33BrFN3O3. The molecule has 8 heteroatoms. The van der Waals surface area contributed by atoms with Crippen molar-refractivity contribution in [1.29, 1.82) is 0 Å². The molecule has 0 aliphatic rings. The van der Waals surface area contributed by atoms with Crippen molar-refractivity contribution in [3.05, 3.63) is 93.0 Å². The molecule has 0 saturated heterocycles. The summed E-state index contributed by atoms with van der Waals surface area (Å²) in [7, 11) is 6.83. The van der Waals surface area contributed by atoms with E-state index >= 15 is 4.39 Å². The Morgan fingerprint density at radius 1 is 1.05 bits per heavy atom. The minimum absolute atomic E-state index is 0.0894. The molecular weight excluding hydrogens is 549 g/mol. The number of pyridine rings is 2. The summed E-state index contributed by atoms with van der Waals surface area (Å²) in [6, 6.07) is 14.6. The fraction of sp³-hybridized carbons (Fsp3) is 0.333. The molecule has 0 aliphatic heterocycles. The summed E-state index contributed by atoms with van der Waals surface area (Å²) in [6.45, 7) is 4.40. The van der Waals surface area contributed by atoms with E-state index in [2.05, 4.69) is 15.9 Å². The number of nitrogens with zero attached hydrogens (tertiary/aromatic N) is 3. The maximum absolute atomic E-state index is 16.1. The number of hydrogen-bond donors (Lipinski definition) is 1. The zero-order valence-electron chi connectivity index (χ0n) is 22.5. The lowest BCUT2D eigenvalue weighted by Gasteiger charge is -2.39. The van der Waals surface area contributed by atoms with Gasteiger partial charge in [0.05, 0.1) is 31.3 Å². The van der Waals surface area contributed by atoms with E-state index in [0.717, 1.165) is 26.5 Å². The Labute approximate surface area is 231 Å². The lowest BCUT2D eigenvalue weighted by atomic mass is 9.72. The summed E-state index contributed by atoms with van der Waals surface area (Å²) in [5.74, 6) is -1.08. The fourth-order valence-corrected chi connectivity index (χ4v) is 5.45. The molecule has 4 rings (SSSR count). The van der Waals surface area contributed by atoms with E-state index in [1.807, 2.05) is 63.2 Å². The molecule has 0 aliphatic carbocycles. The van der Waals surface area contributed by atoms with Crippen LogP contribution in [-0.2, 0) is 5.60 Å². The SMILES string of the molecule is COc1cccc([C@H](c2cc3cc(Br)ccc3nc2OC)[C@@](O)(CCN(C)C)c2ncc(C)cc2C)c1F. The van der Waals surface area contributed by atoms with Gasteiger partial charge in [-0.3, -0.25) is 4.98 Å². The number of halogens is 2. The molecule has 0 spiro atoms. The van der Waals surface area contributed by atoms with Gasteiger partial charge in [0, 0.05) is 33.7 Å². The fourth-order valence-electron chi connectivity index (χ4n) is 5.07. The Balaban J connectivity index is 2.11. The summed E-state index contributed by atoms with van der Waals surface area (Å²) < 4.78 is 28.1. The van der Waals surface area contributed by atoms with Crippen LogP contribution in [0.2, 0.25) is 0 Å². The number of hydrogen-bond acceptors (Lipinski definition) is 6. The van der Waals surface area contributed by atoms with Crippen LogP contribution in [-0.4, -0.2) is 54.8 Å². The molecule has 2 aromatic carbocycles. The molecule has 0 bridgehead atoms. The van der Waals surface area contributed by atoms with Crippen molar-refractivity contribution in [2.24, 2.45) is 0 Å². The van der Waals surface area contributed by atoms with Crippen LogP contribution < -0.4 is 9.47 Å². The van der Waals surface area contributed by atoms with Crippen molar-refractivity contribution in [2.45, 2.75) is 31.8 Å². The summed E-state index contributed by atoms with van der Waals surface area (Å²) in [6.07, 6.45) is 2.01. The molecule has 0 fully saturated rings. The van der Waals surface area contributed by atoms with Crippen LogP contribution in [0, 0.1) is 19.7 Å². The number of ether oxygens (including phenoxy) is 2. The van der Waals surface area contributed by atoms with Gasteiger partial charge in [0.15, 0.2) is 11.6 Å². The van der Waals surface area contributed by atoms with Crippen LogP contribution in [0.3, 0.4) is 0 Å². The molecule has 1 N–H and O–H groups in total. The normalized spacial score (nSPS) is 13.9. The van der Waals surface area contributed by atoms with Crippen molar-refractivity contribution >= 4 is 26.8 Å². The van der Waals surface area contributed by atoms with Crippen LogP contribution in [0.15, 0.2) is 59.2 Å². The zero-order chi connectivity index (χ0) is 27.6. The van der Waals surface area contributed by atoms with E-state index in [-0.39, 0.29) is 17.7 Å². The van der Waals surface area contributed by atoms with E-state index in [0.29, 0.717) is 23.7 Å². The Morgan fingerprint density at radius 2 is 1.82 bits per heavy atom. The van der Waals surface area contributed by atoms with Gasteiger partial charge in [-0.05, 0) is 75.8 Å². The number of aryl methyl sites for hydroxylation is 2. The first-order chi connectivity index (χ1) is 18.1. The topological polar surface area (TPSA) is 67.7 Å². The van der Waals surface area contributed by atoms with Crippen LogP contribution in [0.5, 0.6) is 11.6 Å². The van der Waals surface area contributed by atoms with Gasteiger partial charge in [0.25, 0.3) is 0 Å². The van der Waals surface area contributed by atoms with Gasteiger partial charge in [0.2, 0.25) is 5.88 Å². The zero-order valence-corrected chi connectivity index (χ0v) is 24.1. The third-order valence-corrected chi connectivity index (χ3v) is 7.33. The molecule has 0 saturated carbocycles. The molecule has 0 unspecified atom stereocenters. The highest BCUT2D eigenvalue weighted by Gasteiger charge is 2.45. The predicted molar refractivity (Wildman–Crippen MR) is 152 cm³/mol. The molecule has 2 heterocycles. The standard InChI is InChI=1S/C30H33BrFN3O3/c1-18-14-19(2)28(33-17-18)30(36,12-13-35(3)4)26(22-8-7-9-25(37-5)27(22)32)23-16-20-15-21(31)10-11-24(20)34-29(23)38-6/h7-11,14-17,26,36H,12-13H2,1-6H3/t26-,30+/m1/s1. The van der Waals surface area contributed by atoms with Gasteiger partial charge in [-0.2, -0.15) is 0 Å². The highest BCUT2D eigenvalue weighted by atomic mass is 79.9. The first-order valence-electron chi connectivity index (χ1n) is 12.4. The molecule has 38 heavy (non-hydrogen) atoms. The summed E-state index contributed by atoms with van der Waals surface area (Å²) in [4.78, 5) is 11.5. The number of fused-ring (bicyclic) bond motifs is 1. The molecule has 6 nitrogen and oxygen atoms in total. The third kappa shape index (κ3) is 5.39. The first kappa shape index (κ1) is 28.0. The van der Waals surface area contributed by atoms with E-state index in [1.165, 1.54) is 14.2 Å². The molecule has 4 aromatic rings. The van der Waals surface area contributed by atoms with Gasteiger partial charge in [-0.1, -0.05) is 34.1 Å². The second-order valence-electron chi connectivity index (χ2n) is 9.88. The minimum Gasteiger partial charge on any atom is -0.494 e. The second kappa shape index (κ2) is 11.4. The lowest BCUT2D eigenvalue weighted by Crippen LogP contribution is -2.39. The molecule has 2 atom stereocenters. The monoisotopic (exact) mass is 581 g/mol. The Morgan fingerprint density at radius 3 is 2.47 bits per heavy atom. The van der Waals surface area contributed by atoms with Crippen LogP contribution in [0.4, 0.5) is 4.39 Å². The summed E-state index contributed by atoms with van der Waals surface area (Å²) in [5.41, 5.74) is 2.18. The number of rotatable bonds is 9. The van der Waals surface area contributed by atoms with E-state index in [4.69, 9.17) is 19.4 Å². The van der Waals surface area contributed by atoms with Crippen LogP contribution >= 0.6 is 15.9 Å². The average Bonchev–Trinajstić information content (AvgIpc) is 2.88. The predicted octanol–water partition coefficient (Wildman–Crippen LogP) is 6.14. The summed E-state index contributed by atoms with van der Waals surface area (Å²) >= 11 is 3.54. The molecule has 200 valence electrons. The van der Waals surface area contributed by atoms with Crippen molar-refractivity contribution in [1.82, 2.24) is 14.9 Å². The van der Waals surface area contributed by atoms with Crippen molar-refractivity contribution < 1.29 is 19.0 Å². The summed E-state index contributed by atoms with van der Waals surface area (Å²) in [5, 5.41) is 13.6. The van der Waals surface area contributed by atoms with E-state index in [9.17, 15) is 5.11 Å². The maximum Gasteiger partial charge on any atom is 0.217 e. The molecule has 0 amide bonds. The second-order valence-corrected chi connectivity index (χ2v) is 10.8. The highest BCUT2D eigenvalue weighted by molar-refractivity contribution is 9.10. The lowest BCUT2D eigenvalue weighted by molar-refractivity contribution is -0.00183. The van der Waals surface area contributed by atoms with E-state index < -0.39 is 17.3 Å². The molecule has 2 aromatic heterocycles. The number of methoxy groups -OCH3 is 2. The van der Waals surface area contributed by atoms with Crippen molar-refractivity contribution in [3.63, 3.8) is 0 Å². The molecule has 0 radical (unpaired) electrons. The quantitative estimate of drug-likeness (QED) is 0.256. The number of aliphatic hydroxyl groups is 1. The van der Waals surface area contributed by atoms with Gasteiger partial charge >= 0.3 is 0 Å². The Bertz CT molecular complexity index is 1460. The number of aromatic nitrogens is 2. The van der Waals surface area contributed by atoms with Crippen molar-refractivity contribution in [2.75, 3.05) is 34.9 Å². The van der Waals surface area contributed by atoms with Gasteiger partial charge < -0.3 is 19.5 Å². The highest BCUT2D eigenvalue weighted by Crippen LogP contribution is 2.49. The van der Waals surface area contributed by atoms with Crippen LogP contribution in [0.1, 0.15) is 40.3 Å². The average molecular weight is 583 g/mol. The van der Waals surface area contributed by atoms with Crippen molar-refractivity contribution in [3.8, 4) is 11.6 Å². The third-order valence-electron chi connectivity index (χ3n) is 6.84. The Hall–Kier alpha value is -3.07. The van der Waals surface area contributed by atoms with E-state index in [1.54, 1.807) is 24.4 Å². The first-order valence-corrected chi connectivity index (χ1v) is 13.2. The largest absolute Gasteiger partial charge is 0.494 e. The van der Waals surface area contributed by atoms with Gasteiger partial charge in [-0.25, -0.2) is 9.37 Å². The maximum atomic E-state index is 16.1.